The van der Waals surface area contributed by atoms with Crippen LogP contribution in [0, 0.1) is 5.82 Å². The van der Waals surface area contributed by atoms with E-state index in [0.717, 1.165) is 16.6 Å². The van der Waals surface area contributed by atoms with E-state index in [1.165, 1.54) is 66.6 Å². The Hall–Kier alpha value is -3.58. The van der Waals surface area contributed by atoms with Crippen molar-refractivity contribution >= 4 is 55.0 Å². The molecule has 5 rings (SSSR count). The highest BCUT2D eigenvalue weighted by Crippen LogP contribution is 2.26. The molecule has 2 aromatic carbocycles. The minimum Gasteiger partial charge on any atom is -0.304 e. The molecular weight excluding hydrogens is 515 g/mol. The maximum absolute atomic E-state index is 13.4. The molecule has 0 saturated heterocycles. The van der Waals surface area contributed by atoms with Gasteiger partial charge in [0.2, 0.25) is 5.78 Å². The largest absolute Gasteiger partial charge is 0.304 e. The predicted octanol–water partition coefficient (Wildman–Crippen LogP) is 3.46. The molecule has 2 aromatic heterocycles. The fourth-order valence-electron chi connectivity index (χ4n) is 3.87. The molecule has 37 heavy (non-hydrogen) atoms. The molecule has 1 amide bonds. The Morgan fingerprint density at radius 2 is 1.73 bits per heavy atom. The van der Waals surface area contributed by atoms with Gasteiger partial charge in [-0.25, -0.2) is 17.9 Å². The number of hydrogen-bond acceptors (Lipinski definition) is 5. The summed E-state index contributed by atoms with van der Waals surface area (Å²) >= 11 is 1.22. The van der Waals surface area contributed by atoms with Gasteiger partial charge in [-0.3, -0.25) is 9.20 Å². The summed E-state index contributed by atoms with van der Waals surface area (Å²) in [5, 5.41) is 9.21. The first-order valence-corrected chi connectivity index (χ1v) is 13.7. The SMILES string of the molecule is CN(C)S(=O)(O)=C1C=CC(=NC(=O)CSc2nnc3n(Cc4ccc(F)cc4)c4ccccc4n23)C=C1. The lowest BCUT2D eigenvalue weighted by molar-refractivity contribution is -0.115. The van der Waals surface area contributed by atoms with Crippen molar-refractivity contribution in [1.82, 2.24) is 23.5 Å². The van der Waals surface area contributed by atoms with Crippen molar-refractivity contribution in [2.24, 2.45) is 4.99 Å². The van der Waals surface area contributed by atoms with Gasteiger partial charge in [-0.05, 0) is 54.1 Å². The van der Waals surface area contributed by atoms with Gasteiger partial charge in [0.15, 0.2) is 15.1 Å². The van der Waals surface area contributed by atoms with Crippen molar-refractivity contribution in [2.75, 3.05) is 19.8 Å². The number of halogens is 1. The Morgan fingerprint density at radius 3 is 2.41 bits per heavy atom. The van der Waals surface area contributed by atoms with Crippen LogP contribution in [0.3, 0.4) is 0 Å². The Kier molecular flexibility index (Phi) is 6.82. The second-order valence-corrected chi connectivity index (χ2v) is 11.6. The molecule has 1 unspecified atom stereocenters. The van der Waals surface area contributed by atoms with Crippen molar-refractivity contribution in [3.8, 4) is 0 Å². The van der Waals surface area contributed by atoms with Crippen LogP contribution in [0.1, 0.15) is 5.56 Å². The summed E-state index contributed by atoms with van der Waals surface area (Å²) < 4.78 is 40.9. The normalized spacial score (nSPS) is 15.2. The number of fused-ring (bicyclic) bond motifs is 3. The molecule has 0 fully saturated rings. The van der Waals surface area contributed by atoms with E-state index in [2.05, 4.69) is 15.2 Å². The molecule has 2 heterocycles. The molecule has 0 bridgehead atoms. The smallest absolute Gasteiger partial charge is 0.256 e. The van der Waals surface area contributed by atoms with Crippen LogP contribution in [0.15, 0.2) is 83.0 Å². The second kappa shape index (κ2) is 10.1. The van der Waals surface area contributed by atoms with Gasteiger partial charge >= 0.3 is 0 Å². The molecule has 190 valence electrons. The molecule has 1 aliphatic carbocycles. The van der Waals surface area contributed by atoms with E-state index in [-0.39, 0.29) is 22.3 Å². The van der Waals surface area contributed by atoms with E-state index in [4.69, 9.17) is 0 Å². The zero-order valence-corrected chi connectivity index (χ0v) is 21.6. The molecule has 0 saturated carbocycles. The molecule has 4 aromatic rings. The van der Waals surface area contributed by atoms with Gasteiger partial charge in [0, 0.05) is 14.1 Å². The van der Waals surface area contributed by atoms with Crippen LogP contribution in [-0.2, 0) is 21.3 Å². The third kappa shape index (κ3) is 5.01. The Labute approximate surface area is 217 Å². The zero-order chi connectivity index (χ0) is 26.2. The fraction of sp³-hybridized carbons (Fsp3) is 0.160. The second-order valence-electron chi connectivity index (χ2n) is 8.42. The number of imidazole rings is 1. The summed E-state index contributed by atoms with van der Waals surface area (Å²) in [6.07, 6.45) is 6.05. The number of hydrogen-bond donors (Lipinski definition) is 1. The molecule has 1 aliphatic rings. The van der Waals surface area contributed by atoms with Crippen LogP contribution in [0.5, 0.6) is 0 Å². The number of benzene rings is 2. The number of carbonyl (C=O) groups excluding carboxylic acids is 1. The topological polar surface area (TPSA) is 105 Å². The third-order valence-electron chi connectivity index (χ3n) is 5.74. The highest BCUT2D eigenvalue weighted by molar-refractivity contribution is 7.99. The number of nitrogens with zero attached hydrogens (tertiary/aromatic N) is 6. The maximum atomic E-state index is 13.4. The number of amides is 1. The summed E-state index contributed by atoms with van der Waals surface area (Å²) in [6.45, 7) is 0.484. The molecule has 9 nitrogen and oxygen atoms in total. The van der Waals surface area contributed by atoms with Gasteiger partial charge in [0.25, 0.3) is 5.91 Å². The average molecular weight is 539 g/mol. The van der Waals surface area contributed by atoms with E-state index in [9.17, 15) is 17.9 Å². The minimum atomic E-state index is -3.30. The maximum Gasteiger partial charge on any atom is 0.256 e. The number of para-hydroxylation sites is 2. The molecule has 0 spiro atoms. The summed E-state index contributed by atoms with van der Waals surface area (Å²) in [5.74, 6) is -0.0162. The number of aliphatic imine (C=N–C) groups is 1. The predicted molar refractivity (Wildman–Crippen MR) is 145 cm³/mol. The molecule has 1 N–H and O–H groups in total. The molecule has 12 heteroatoms. The first kappa shape index (κ1) is 25.1. The van der Waals surface area contributed by atoms with Crippen LogP contribution in [0.2, 0.25) is 0 Å². The number of thioether (sulfide) groups is 1. The zero-order valence-electron chi connectivity index (χ0n) is 20.0. The van der Waals surface area contributed by atoms with Crippen LogP contribution in [0.4, 0.5) is 4.39 Å². The van der Waals surface area contributed by atoms with Gasteiger partial charge in [-0.2, -0.15) is 0 Å². The summed E-state index contributed by atoms with van der Waals surface area (Å²) in [6, 6.07) is 14.1. The Bertz CT molecular complexity index is 1710. The first-order chi connectivity index (χ1) is 17.7. The van der Waals surface area contributed by atoms with E-state index in [1.54, 1.807) is 12.1 Å². The van der Waals surface area contributed by atoms with Gasteiger partial charge < -0.3 is 9.12 Å². The highest BCUT2D eigenvalue weighted by atomic mass is 32.2. The summed E-state index contributed by atoms with van der Waals surface area (Å²) in [7, 11) is -0.271. The van der Waals surface area contributed by atoms with Crippen molar-refractivity contribution in [2.45, 2.75) is 11.7 Å². The quantitative estimate of drug-likeness (QED) is 0.298. The standard InChI is InChI=1S/C25H23FN6O3S2/c1-30(2)37(34,35)20-13-11-19(12-14-20)27-23(33)16-36-25-29-28-24-31(15-17-7-9-18(26)10-8-17)21-5-3-4-6-22(21)32(24)25/h3-14H,15-16H2,1-2H3,(H,34,35). The molecular formula is C25H23FN6O3S2. The van der Waals surface area contributed by atoms with Crippen LogP contribution in [-0.4, -0.2) is 68.6 Å². The Morgan fingerprint density at radius 1 is 1.05 bits per heavy atom. The third-order valence-corrected chi connectivity index (χ3v) is 8.53. The molecule has 0 radical (unpaired) electrons. The minimum absolute atomic E-state index is 0.0362. The fourth-order valence-corrected chi connectivity index (χ4v) is 5.51. The van der Waals surface area contributed by atoms with Crippen LogP contribution >= 0.6 is 11.8 Å². The Balaban J connectivity index is 1.37. The average Bonchev–Trinajstić information content (AvgIpc) is 3.43. The van der Waals surface area contributed by atoms with E-state index >= 15 is 0 Å². The van der Waals surface area contributed by atoms with Crippen LogP contribution in [0.25, 0.3) is 16.8 Å². The van der Waals surface area contributed by atoms with Crippen molar-refractivity contribution < 1.29 is 17.9 Å². The van der Waals surface area contributed by atoms with E-state index < -0.39 is 9.99 Å². The summed E-state index contributed by atoms with van der Waals surface area (Å²) in [4.78, 5) is 16.9. The highest BCUT2D eigenvalue weighted by Gasteiger charge is 2.18. The number of carbonyl (C=O) groups is 1. The van der Waals surface area contributed by atoms with Crippen molar-refractivity contribution in [1.29, 1.82) is 0 Å². The summed E-state index contributed by atoms with van der Waals surface area (Å²) in [5.41, 5.74) is 3.14. The monoisotopic (exact) mass is 538 g/mol. The van der Waals surface area contributed by atoms with Crippen molar-refractivity contribution in [3.63, 3.8) is 0 Å². The lowest BCUT2D eigenvalue weighted by Crippen LogP contribution is -2.27. The van der Waals surface area contributed by atoms with Gasteiger partial charge in [0.05, 0.1) is 33.9 Å². The first-order valence-electron chi connectivity index (χ1n) is 11.2. The number of allylic oxidation sites excluding steroid dienone is 4. The van der Waals surface area contributed by atoms with Gasteiger partial charge in [-0.15, -0.1) is 10.2 Å². The lowest BCUT2D eigenvalue weighted by atomic mass is 10.2. The van der Waals surface area contributed by atoms with E-state index in [0.29, 0.717) is 23.2 Å². The number of aromatic nitrogens is 4. The molecule has 1 atom stereocenters. The van der Waals surface area contributed by atoms with E-state index in [1.807, 2.05) is 33.2 Å². The van der Waals surface area contributed by atoms with Crippen molar-refractivity contribution in [3.05, 3.63) is 84.2 Å². The lowest BCUT2D eigenvalue weighted by Gasteiger charge is -2.15. The molecule has 0 aliphatic heterocycles. The number of rotatable bonds is 6. The van der Waals surface area contributed by atoms with Gasteiger partial charge in [-0.1, -0.05) is 36.0 Å². The van der Waals surface area contributed by atoms with Gasteiger partial charge in [0.1, 0.15) is 5.82 Å². The van der Waals surface area contributed by atoms with Crippen LogP contribution < -0.4 is 0 Å².